The third-order valence-corrected chi connectivity index (χ3v) is 2.91. The lowest BCUT2D eigenvalue weighted by atomic mass is 10.1. The van der Waals surface area contributed by atoms with Gasteiger partial charge in [-0.25, -0.2) is 0 Å². The molecule has 17 heavy (non-hydrogen) atoms. The molecule has 1 aliphatic carbocycles. The number of aromatic nitrogens is 1. The fourth-order valence-corrected chi connectivity index (χ4v) is 1.46. The number of nitrogens with zero attached hydrogens (tertiary/aromatic N) is 1. The molecule has 1 aromatic rings. The van der Waals surface area contributed by atoms with E-state index < -0.39 is 0 Å². The van der Waals surface area contributed by atoms with Gasteiger partial charge < -0.3 is 19.7 Å². The second-order valence-corrected chi connectivity index (χ2v) is 4.50. The first kappa shape index (κ1) is 11.9. The predicted octanol–water partition coefficient (Wildman–Crippen LogP) is 0.251. The molecule has 6 heteroatoms. The average Bonchev–Trinajstić information content (AvgIpc) is 3.00. The van der Waals surface area contributed by atoms with Crippen molar-refractivity contribution >= 4 is 5.91 Å². The molecule has 6 nitrogen and oxygen atoms in total. The average molecular weight is 240 g/mol. The number of carbonyl (C=O) groups excluding carboxylic acids is 1. The molecule has 1 heterocycles. The van der Waals surface area contributed by atoms with Crippen molar-refractivity contribution in [2.24, 2.45) is 5.41 Å². The van der Waals surface area contributed by atoms with Gasteiger partial charge in [0.15, 0.2) is 6.61 Å². The van der Waals surface area contributed by atoms with Crippen LogP contribution in [0.5, 0.6) is 5.88 Å². The first-order valence-corrected chi connectivity index (χ1v) is 5.57. The molecule has 94 valence electrons. The summed E-state index contributed by atoms with van der Waals surface area (Å²) in [5, 5.41) is 15.4. The van der Waals surface area contributed by atoms with Crippen LogP contribution in [0.15, 0.2) is 10.6 Å². The number of hydrogen-bond donors (Lipinski definition) is 2. The molecule has 1 saturated carbocycles. The number of amides is 1. The SMILES string of the molecule is Cc1cc(OCC(=O)NCC2(CO)CC2)no1. The van der Waals surface area contributed by atoms with Crippen LogP contribution in [0.2, 0.25) is 0 Å². The molecule has 2 rings (SSSR count). The fraction of sp³-hybridized carbons (Fsp3) is 0.636. The minimum Gasteiger partial charge on any atom is -0.465 e. The Morgan fingerprint density at radius 2 is 2.47 bits per heavy atom. The van der Waals surface area contributed by atoms with Crippen molar-refractivity contribution in [3.63, 3.8) is 0 Å². The molecule has 1 aromatic heterocycles. The molecule has 0 radical (unpaired) electrons. The largest absolute Gasteiger partial charge is 0.465 e. The van der Waals surface area contributed by atoms with Crippen LogP contribution < -0.4 is 10.1 Å². The van der Waals surface area contributed by atoms with Gasteiger partial charge in [-0.05, 0) is 24.9 Å². The van der Waals surface area contributed by atoms with E-state index >= 15 is 0 Å². The van der Waals surface area contributed by atoms with Gasteiger partial charge >= 0.3 is 0 Å². The van der Waals surface area contributed by atoms with Crippen LogP contribution in [0, 0.1) is 12.3 Å². The zero-order chi connectivity index (χ0) is 12.3. The molecule has 0 aliphatic heterocycles. The lowest BCUT2D eigenvalue weighted by Gasteiger charge is -2.12. The van der Waals surface area contributed by atoms with Crippen LogP contribution >= 0.6 is 0 Å². The van der Waals surface area contributed by atoms with Gasteiger partial charge in [-0.1, -0.05) is 0 Å². The number of hydrogen-bond acceptors (Lipinski definition) is 5. The first-order chi connectivity index (χ1) is 8.13. The van der Waals surface area contributed by atoms with Crippen molar-refractivity contribution in [2.75, 3.05) is 19.8 Å². The van der Waals surface area contributed by atoms with Crippen LogP contribution in [0.4, 0.5) is 0 Å². The Hall–Kier alpha value is -1.56. The number of ether oxygens (including phenoxy) is 1. The Morgan fingerprint density at radius 1 is 1.71 bits per heavy atom. The van der Waals surface area contributed by atoms with Gasteiger partial charge in [-0.3, -0.25) is 4.79 Å². The Balaban J connectivity index is 1.67. The third kappa shape index (κ3) is 3.20. The molecule has 0 unspecified atom stereocenters. The zero-order valence-electron chi connectivity index (χ0n) is 9.73. The van der Waals surface area contributed by atoms with E-state index in [9.17, 15) is 4.79 Å². The normalized spacial score (nSPS) is 16.6. The summed E-state index contributed by atoms with van der Waals surface area (Å²) in [7, 11) is 0. The smallest absolute Gasteiger partial charge is 0.258 e. The molecule has 0 bridgehead atoms. The Bertz CT molecular complexity index is 398. The molecule has 0 aromatic carbocycles. The number of carbonyl (C=O) groups is 1. The highest BCUT2D eigenvalue weighted by atomic mass is 16.5. The minimum atomic E-state index is -0.217. The topological polar surface area (TPSA) is 84.6 Å². The summed E-state index contributed by atoms with van der Waals surface area (Å²) in [5.74, 6) is 0.726. The van der Waals surface area contributed by atoms with Gasteiger partial charge in [-0.2, -0.15) is 0 Å². The molecule has 1 fully saturated rings. The van der Waals surface area contributed by atoms with Crippen LogP contribution in [0.1, 0.15) is 18.6 Å². The lowest BCUT2D eigenvalue weighted by Crippen LogP contribution is -2.35. The van der Waals surface area contributed by atoms with Crippen molar-refractivity contribution in [1.82, 2.24) is 10.5 Å². The zero-order valence-corrected chi connectivity index (χ0v) is 9.73. The predicted molar refractivity (Wildman–Crippen MR) is 58.5 cm³/mol. The van der Waals surface area contributed by atoms with E-state index in [1.807, 2.05) is 0 Å². The second-order valence-electron chi connectivity index (χ2n) is 4.50. The van der Waals surface area contributed by atoms with E-state index in [1.165, 1.54) is 0 Å². The second kappa shape index (κ2) is 4.75. The standard InChI is InChI=1S/C11H16N2O4/c1-8-4-10(13-17-8)16-5-9(15)12-6-11(7-14)2-3-11/h4,14H,2-3,5-7H2,1H3,(H,12,15). The molecular weight excluding hydrogens is 224 g/mol. The maximum atomic E-state index is 11.4. The monoisotopic (exact) mass is 240 g/mol. The summed E-state index contributed by atoms with van der Waals surface area (Å²) in [4.78, 5) is 11.4. The molecule has 0 saturated heterocycles. The lowest BCUT2D eigenvalue weighted by molar-refractivity contribution is -0.123. The van der Waals surface area contributed by atoms with Gasteiger partial charge in [0, 0.05) is 18.0 Å². The van der Waals surface area contributed by atoms with E-state index in [2.05, 4.69) is 10.5 Å². The van der Waals surface area contributed by atoms with Gasteiger partial charge in [0.05, 0.1) is 6.61 Å². The van der Waals surface area contributed by atoms with Gasteiger partial charge in [0.1, 0.15) is 5.76 Å². The van der Waals surface area contributed by atoms with Crippen molar-refractivity contribution < 1.29 is 19.2 Å². The Labute approximate surface area is 98.9 Å². The van der Waals surface area contributed by atoms with Crippen molar-refractivity contribution in [2.45, 2.75) is 19.8 Å². The summed E-state index contributed by atoms with van der Waals surface area (Å²) < 4.78 is 9.93. The van der Waals surface area contributed by atoms with E-state index in [0.717, 1.165) is 12.8 Å². The first-order valence-electron chi connectivity index (χ1n) is 5.57. The maximum Gasteiger partial charge on any atom is 0.258 e. The number of rotatable bonds is 6. The molecule has 1 aliphatic rings. The van der Waals surface area contributed by atoms with E-state index in [4.69, 9.17) is 14.4 Å². The molecule has 0 spiro atoms. The van der Waals surface area contributed by atoms with Gasteiger partial charge in [-0.15, -0.1) is 0 Å². The van der Waals surface area contributed by atoms with Crippen LogP contribution in [0.25, 0.3) is 0 Å². The molecule has 0 atom stereocenters. The number of aliphatic hydroxyl groups excluding tert-OH is 1. The van der Waals surface area contributed by atoms with Crippen LogP contribution in [-0.4, -0.2) is 35.9 Å². The van der Waals surface area contributed by atoms with Gasteiger partial charge in [0.25, 0.3) is 11.8 Å². The van der Waals surface area contributed by atoms with E-state index in [-0.39, 0.29) is 24.5 Å². The quantitative estimate of drug-likeness (QED) is 0.744. The summed E-state index contributed by atoms with van der Waals surface area (Å²) in [6.07, 6.45) is 1.93. The summed E-state index contributed by atoms with van der Waals surface area (Å²) in [6, 6.07) is 1.61. The number of aryl methyl sites for hydroxylation is 1. The highest BCUT2D eigenvalue weighted by Crippen LogP contribution is 2.44. The number of aliphatic hydroxyl groups is 1. The summed E-state index contributed by atoms with van der Waals surface area (Å²) in [5.41, 5.74) is -0.0832. The van der Waals surface area contributed by atoms with E-state index in [0.29, 0.717) is 18.2 Å². The van der Waals surface area contributed by atoms with Gasteiger partial charge in [0.2, 0.25) is 0 Å². The summed E-state index contributed by atoms with van der Waals surface area (Å²) >= 11 is 0. The van der Waals surface area contributed by atoms with Crippen LogP contribution in [0.3, 0.4) is 0 Å². The minimum absolute atomic E-state index is 0.0832. The highest BCUT2D eigenvalue weighted by molar-refractivity contribution is 5.77. The van der Waals surface area contributed by atoms with Crippen molar-refractivity contribution in [3.8, 4) is 5.88 Å². The Kier molecular flexibility index (Phi) is 3.33. The highest BCUT2D eigenvalue weighted by Gasteiger charge is 2.42. The van der Waals surface area contributed by atoms with Crippen molar-refractivity contribution in [3.05, 3.63) is 11.8 Å². The molecule has 2 N–H and O–H groups in total. The van der Waals surface area contributed by atoms with Crippen molar-refractivity contribution in [1.29, 1.82) is 0 Å². The fourth-order valence-electron chi connectivity index (χ4n) is 1.46. The van der Waals surface area contributed by atoms with Crippen LogP contribution in [-0.2, 0) is 4.79 Å². The molecule has 1 amide bonds. The number of nitrogens with one attached hydrogen (secondary N) is 1. The molecular formula is C11H16N2O4. The maximum absolute atomic E-state index is 11.4. The Morgan fingerprint density at radius 3 is 3.00 bits per heavy atom. The summed E-state index contributed by atoms with van der Waals surface area (Å²) in [6.45, 7) is 2.28. The third-order valence-electron chi connectivity index (χ3n) is 2.91. The van der Waals surface area contributed by atoms with E-state index in [1.54, 1.807) is 13.0 Å².